The summed E-state index contributed by atoms with van der Waals surface area (Å²) in [6.07, 6.45) is 7.39. The van der Waals surface area contributed by atoms with E-state index in [-0.39, 0.29) is 30.3 Å². The number of benzene rings is 3. The number of nitrogens with zero attached hydrogens (tertiary/aromatic N) is 4. The Labute approximate surface area is 306 Å². The second kappa shape index (κ2) is 14.1. The number of aromatic nitrogens is 2. The Bertz CT molecular complexity index is 1970. The smallest absolute Gasteiger partial charge is 0.411 e. The van der Waals surface area contributed by atoms with Crippen molar-refractivity contribution in [2.75, 3.05) is 6.54 Å². The summed E-state index contributed by atoms with van der Waals surface area (Å²) in [5.74, 6) is 0.785. The summed E-state index contributed by atoms with van der Waals surface area (Å²) < 4.78 is 11.5. The van der Waals surface area contributed by atoms with E-state index in [4.69, 9.17) is 14.5 Å². The number of aliphatic imine (C=N–C) groups is 1. The highest BCUT2D eigenvalue weighted by Gasteiger charge is 2.43. The molecule has 2 amide bonds. The first-order valence-corrected chi connectivity index (χ1v) is 18.4. The Kier molecular flexibility index (Phi) is 9.55. The van der Waals surface area contributed by atoms with Gasteiger partial charge in [0.1, 0.15) is 17.0 Å². The number of aromatic amines is 1. The maximum absolute atomic E-state index is 13.6. The SMILES string of the molecule is CC(C)(C)OC(=O)N1CCCC1c1ncc(-c2ccc(-c3ccc(C4=CN=C([C@@H]5CC[C@H](c6ccccc6)N5C(=O)OC(C)(C)C)C4)cc3)cc2)[nH]1. The van der Waals surface area contributed by atoms with Crippen LogP contribution >= 0.6 is 0 Å². The molecule has 270 valence electrons. The lowest BCUT2D eigenvalue weighted by molar-refractivity contribution is 0.0186. The molecule has 3 aliphatic heterocycles. The maximum atomic E-state index is 13.6. The van der Waals surface area contributed by atoms with E-state index < -0.39 is 11.2 Å². The molecule has 3 aliphatic rings. The zero-order valence-electron chi connectivity index (χ0n) is 31.1. The third kappa shape index (κ3) is 7.69. The second-order valence-electron chi connectivity index (χ2n) is 16.0. The molecule has 9 heteroatoms. The Morgan fingerprint density at radius 1 is 0.712 bits per heavy atom. The van der Waals surface area contributed by atoms with Crippen molar-refractivity contribution < 1.29 is 19.1 Å². The van der Waals surface area contributed by atoms with E-state index in [2.05, 4.69) is 70.6 Å². The number of hydrogen-bond donors (Lipinski definition) is 1. The molecule has 1 aromatic heterocycles. The van der Waals surface area contributed by atoms with Crippen LogP contribution in [0.25, 0.3) is 28.0 Å². The molecule has 7 rings (SSSR count). The van der Waals surface area contributed by atoms with Crippen molar-refractivity contribution in [1.29, 1.82) is 0 Å². The fourth-order valence-electron chi connectivity index (χ4n) is 7.50. The van der Waals surface area contributed by atoms with Crippen molar-refractivity contribution in [1.82, 2.24) is 19.8 Å². The normalized spacial score (nSPS) is 20.5. The van der Waals surface area contributed by atoms with Crippen LogP contribution in [0.1, 0.15) is 103 Å². The second-order valence-corrected chi connectivity index (χ2v) is 16.0. The zero-order valence-corrected chi connectivity index (χ0v) is 31.1. The molecule has 2 fully saturated rings. The van der Waals surface area contributed by atoms with Gasteiger partial charge >= 0.3 is 12.2 Å². The number of rotatable bonds is 6. The number of hydrogen-bond acceptors (Lipinski definition) is 6. The minimum Gasteiger partial charge on any atom is -0.444 e. The summed E-state index contributed by atoms with van der Waals surface area (Å²) in [7, 11) is 0. The molecular weight excluding hydrogens is 651 g/mol. The Morgan fingerprint density at radius 3 is 1.96 bits per heavy atom. The molecule has 3 aromatic carbocycles. The fraction of sp³-hybridized carbons (Fsp3) is 0.395. The molecule has 0 saturated carbocycles. The third-order valence-corrected chi connectivity index (χ3v) is 9.89. The van der Waals surface area contributed by atoms with Crippen molar-refractivity contribution >= 4 is 23.5 Å². The van der Waals surface area contributed by atoms with Crippen molar-refractivity contribution in [3.63, 3.8) is 0 Å². The lowest BCUT2D eigenvalue weighted by atomic mass is 9.96. The largest absolute Gasteiger partial charge is 0.444 e. The van der Waals surface area contributed by atoms with Gasteiger partial charge < -0.3 is 14.5 Å². The van der Waals surface area contributed by atoms with Crippen LogP contribution in [-0.2, 0) is 9.47 Å². The lowest BCUT2D eigenvalue weighted by Crippen LogP contribution is -2.44. The number of carbonyl (C=O) groups is 2. The first-order chi connectivity index (χ1) is 24.8. The average Bonchev–Trinajstić information content (AvgIpc) is 3.93. The summed E-state index contributed by atoms with van der Waals surface area (Å²) in [5.41, 5.74) is 7.46. The van der Waals surface area contributed by atoms with Crippen molar-refractivity contribution in [2.45, 2.75) is 103 Å². The standard InChI is InChI=1S/C43H49N5O4/c1-42(2,3)51-40(49)47-24-10-13-38(47)39-45-27-35(46-39)31-20-18-29(19-21-31)28-14-16-30(17-15-28)33-25-34(44-26-33)37-23-22-36(32-11-8-7-9-12-32)48(37)41(50)52-43(4,5)6/h7-9,11-12,14-21,26-27,36-38H,10,13,22-25H2,1-6H3,(H,45,46)/t36-,37+,38?/m1/s1. The van der Waals surface area contributed by atoms with E-state index in [0.717, 1.165) is 76.3 Å². The van der Waals surface area contributed by atoms with Crippen molar-refractivity contribution in [2.24, 2.45) is 4.99 Å². The van der Waals surface area contributed by atoms with E-state index in [1.54, 1.807) is 4.90 Å². The van der Waals surface area contributed by atoms with Crippen LogP contribution in [0, 0.1) is 0 Å². The highest BCUT2D eigenvalue weighted by molar-refractivity contribution is 6.03. The average molecular weight is 700 g/mol. The van der Waals surface area contributed by atoms with Gasteiger partial charge in [-0.2, -0.15) is 0 Å². The molecule has 1 unspecified atom stereocenters. The summed E-state index contributed by atoms with van der Waals surface area (Å²) >= 11 is 0. The molecule has 4 heterocycles. The van der Waals surface area contributed by atoms with Gasteiger partial charge in [0.05, 0.1) is 30.0 Å². The molecular formula is C43H49N5O4. The van der Waals surface area contributed by atoms with E-state index in [1.165, 1.54) is 0 Å². The van der Waals surface area contributed by atoms with E-state index in [1.807, 2.05) is 77.0 Å². The molecule has 9 nitrogen and oxygen atoms in total. The highest BCUT2D eigenvalue weighted by Crippen LogP contribution is 2.41. The van der Waals surface area contributed by atoms with Crippen LogP contribution < -0.4 is 0 Å². The number of amides is 2. The predicted octanol–water partition coefficient (Wildman–Crippen LogP) is 10.1. The molecule has 0 radical (unpaired) electrons. The van der Waals surface area contributed by atoms with E-state index >= 15 is 0 Å². The maximum Gasteiger partial charge on any atom is 0.411 e. The molecule has 2 saturated heterocycles. The summed E-state index contributed by atoms with van der Waals surface area (Å²) in [6, 6.07) is 27.0. The van der Waals surface area contributed by atoms with Crippen LogP contribution in [0.4, 0.5) is 9.59 Å². The number of ether oxygens (including phenoxy) is 2. The number of H-pyrrole nitrogens is 1. The Balaban J connectivity index is 0.999. The van der Waals surface area contributed by atoms with Gasteiger partial charge in [0.15, 0.2) is 0 Å². The van der Waals surface area contributed by atoms with Gasteiger partial charge in [-0.1, -0.05) is 78.9 Å². The summed E-state index contributed by atoms with van der Waals surface area (Å²) in [4.78, 5) is 43.1. The van der Waals surface area contributed by atoms with Crippen molar-refractivity contribution in [3.05, 3.63) is 108 Å². The fourth-order valence-corrected chi connectivity index (χ4v) is 7.50. The summed E-state index contributed by atoms with van der Waals surface area (Å²) in [5, 5.41) is 0. The molecule has 0 aliphatic carbocycles. The molecule has 52 heavy (non-hydrogen) atoms. The van der Waals surface area contributed by atoms with Crippen molar-refractivity contribution in [3.8, 4) is 22.4 Å². The van der Waals surface area contributed by atoms with Crippen LogP contribution in [0.3, 0.4) is 0 Å². The predicted molar refractivity (Wildman–Crippen MR) is 205 cm³/mol. The monoisotopic (exact) mass is 699 g/mol. The van der Waals surface area contributed by atoms with E-state index in [0.29, 0.717) is 13.0 Å². The number of imidazole rings is 1. The Hall–Kier alpha value is -5.18. The van der Waals surface area contributed by atoms with Gasteiger partial charge in [0.25, 0.3) is 0 Å². The zero-order chi connectivity index (χ0) is 36.6. The van der Waals surface area contributed by atoms with Crippen LogP contribution in [0.2, 0.25) is 0 Å². The molecule has 1 N–H and O–H groups in total. The quantitative estimate of drug-likeness (QED) is 0.216. The first-order valence-electron chi connectivity index (χ1n) is 18.4. The number of likely N-dealkylation sites (tertiary alicyclic amines) is 2. The molecule has 4 aromatic rings. The molecule has 3 atom stereocenters. The number of nitrogens with one attached hydrogen (secondary N) is 1. The molecule has 0 spiro atoms. The van der Waals surface area contributed by atoms with Crippen LogP contribution in [0.15, 0.2) is 96.3 Å². The minimum atomic E-state index is -0.584. The van der Waals surface area contributed by atoms with Gasteiger partial charge in [0.2, 0.25) is 0 Å². The van der Waals surface area contributed by atoms with Gasteiger partial charge in [-0.3, -0.25) is 14.8 Å². The van der Waals surface area contributed by atoms with Gasteiger partial charge in [-0.05, 0) is 101 Å². The van der Waals surface area contributed by atoms with Gasteiger partial charge in [-0.25, -0.2) is 14.6 Å². The van der Waals surface area contributed by atoms with Crippen LogP contribution in [0.5, 0.6) is 0 Å². The Morgan fingerprint density at radius 2 is 1.31 bits per heavy atom. The van der Waals surface area contributed by atoms with Gasteiger partial charge in [-0.15, -0.1) is 0 Å². The third-order valence-electron chi connectivity index (χ3n) is 9.89. The van der Waals surface area contributed by atoms with E-state index in [9.17, 15) is 9.59 Å². The minimum absolute atomic E-state index is 0.0457. The number of carbonyl (C=O) groups excluding carboxylic acids is 2. The first kappa shape index (κ1) is 35.2. The van der Waals surface area contributed by atoms with Crippen LogP contribution in [-0.4, -0.2) is 61.5 Å². The number of allylic oxidation sites excluding steroid dienone is 1. The topological polar surface area (TPSA) is 100 Å². The lowest BCUT2D eigenvalue weighted by Gasteiger charge is -2.33. The summed E-state index contributed by atoms with van der Waals surface area (Å²) in [6.45, 7) is 12.1. The highest BCUT2D eigenvalue weighted by atomic mass is 16.6. The molecule has 0 bridgehead atoms. The van der Waals surface area contributed by atoms with Gasteiger partial charge in [0, 0.05) is 24.9 Å².